The van der Waals surface area contributed by atoms with E-state index in [4.69, 9.17) is 13.9 Å². The number of hydrogen-bond acceptors (Lipinski definition) is 5. The van der Waals surface area contributed by atoms with E-state index >= 15 is 0 Å². The third kappa shape index (κ3) is 3.45. The Bertz CT molecular complexity index is 956. The van der Waals surface area contributed by atoms with E-state index in [-0.39, 0.29) is 24.1 Å². The second-order valence-corrected chi connectivity index (χ2v) is 5.81. The van der Waals surface area contributed by atoms with Crippen molar-refractivity contribution in [1.82, 2.24) is 0 Å². The molecule has 0 aliphatic carbocycles. The molecular weight excluding hydrogens is 334 g/mol. The number of rotatable bonds is 6. The minimum absolute atomic E-state index is 0.0242. The number of benzene rings is 2. The first-order chi connectivity index (χ1) is 12.5. The van der Waals surface area contributed by atoms with E-state index in [1.54, 1.807) is 49.6 Å². The largest absolute Gasteiger partial charge is 0.497 e. The number of hydrogen-bond donors (Lipinski definition) is 1. The summed E-state index contributed by atoms with van der Waals surface area (Å²) in [6, 6.07) is 12.1. The highest BCUT2D eigenvalue weighted by molar-refractivity contribution is 6.10. The molecule has 0 saturated heterocycles. The molecule has 1 amide bonds. The summed E-state index contributed by atoms with van der Waals surface area (Å²) in [5, 5.41) is 3.52. The fourth-order valence-corrected chi connectivity index (χ4v) is 2.72. The SMILES string of the molecule is COCC(=O)Nc1ccc2oc(C(=O)c3ccc(OC)cc3)c(C)c2c1. The molecule has 0 saturated carbocycles. The molecule has 1 heterocycles. The molecule has 0 aliphatic heterocycles. The number of fused-ring (bicyclic) bond motifs is 1. The van der Waals surface area contributed by atoms with Crippen LogP contribution in [0.3, 0.4) is 0 Å². The molecule has 1 aromatic heterocycles. The Morgan fingerprint density at radius 1 is 1.08 bits per heavy atom. The van der Waals surface area contributed by atoms with Crippen LogP contribution in [0.1, 0.15) is 21.7 Å². The van der Waals surface area contributed by atoms with Crippen LogP contribution in [0, 0.1) is 6.92 Å². The van der Waals surface area contributed by atoms with Gasteiger partial charge in [-0.1, -0.05) is 0 Å². The Kier molecular flexibility index (Phi) is 5.04. The van der Waals surface area contributed by atoms with Crippen LogP contribution in [0.2, 0.25) is 0 Å². The number of furan rings is 1. The molecular formula is C20H19NO5. The van der Waals surface area contributed by atoms with Gasteiger partial charge in [0.15, 0.2) is 5.76 Å². The van der Waals surface area contributed by atoms with Crippen LogP contribution >= 0.6 is 0 Å². The lowest BCUT2D eigenvalue weighted by molar-refractivity contribution is -0.119. The molecule has 6 nitrogen and oxygen atoms in total. The number of ketones is 1. The highest BCUT2D eigenvalue weighted by atomic mass is 16.5. The number of carbonyl (C=O) groups is 2. The number of amides is 1. The van der Waals surface area contributed by atoms with Crippen LogP contribution in [0.4, 0.5) is 5.69 Å². The molecule has 0 spiro atoms. The number of nitrogens with one attached hydrogen (secondary N) is 1. The topological polar surface area (TPSA) is 77.8 Å². The number of carbonyl (C=O) groups excluding carboxylic acids is 2. The van der Waals surface area contributed by atoms with Gasteiger partial charge in [0.1, 0.15) is 17.9 Å². The van der Waals surface area contributed by atoms with Crippen molar-refractivity contribution in [3.8, 4) is 5.75 Å². The molecule has 6 heteroatoms. The second kappa shape index (κ2) is 7.41. The standard InChI is InChI=1S/C20H19NO5/c1-12-16-10-14(21-18(22)11-24-2)6-9-17(16)26-20(12)19(23)13-4-7-15(25-3)8-5-13/h4-10H,11H2,1-3H3,(H,21,22). The molecule has 0 bridgehead atoms. The van der Waals surface area contributed by atoms with E-state index in [1.165, 1.54) is 7.11 Å². The second-order valence-electron chi connectivity index (χ2n) is 5.81. The van der Waals surface area contributed by atoms with Crippen molar-refractivity contribution in [2.24, 2.45) is 0 Å². The third-order valence-electron chi connectivity index (χ3n) is 4.05. The first-order valence-electron chi connectivity index (χ1n) is 8.04. The van der Waals surface area contributed by atoms with Crippen LogP contribution in [-0.4, -0.2) is 32.5 Å². The van der Waals surface area contributed by atoms with Gasteiger partial charge in [-0.25, -0.2) is 0 Å². The van der Waals surface area contributed by atoms with Crippen molar-refractivity contribution in [3.05, 3.63) is 59.4 Å². The van der Waals surface area contributed by atoms with E-state index < -0.39 is 0 Å². The van der Waals surface area contributed by atoms with Crippen molar-refractivity contribution in [1.29, 1.82) is 0 Å². The molecule has 0 fully saturated rings. The smallest absolute Gasteiger partial charge is 0.250 e. The molecule has 3 aromatic rings. The van der Waals surface area contributed by atoms with Crippen molar-refractivity contribution in [2.45, 2.75) is 6.92 Å². The van der Waals surface area contributed by atoms with E-state index in [9.17, 15) is 9.59 Å². The van der Waals surface area contributed by atoms with Gasteiger partial charge >= 0.3 is 0 Å². The third-order valence-corrected chi connectivity index (χ3v) is 4.05. The maximum atomic E-state index is 12.8. The first kappa shape index (κ1) is 17.7. The quantitative estimate of drug-likeness (QED) is 0.686. The van der Waals surface area contributed by atoms with Gasteiger partial charge < -0.3 is 19.2 Å². The lowest BCUT2D eigenvalue weighted by Gasteiger charge is -2.04. The zero-order valence-corrected chi connectivity index (χ0v) is 14.8. The molecule has 134 valence electrons. The summed E-state index contributed by atoms with van der Waals surface area (Å²) in [4.78, 5) is 24.4. The summed E-state index contributed by atoms with van der Waals surface area (Å²) in [5.74, 6) is 0.513. The van der Waals surface area contributed by atoms with Crippen LogP contribution in [0.15, 0.2) is 46.9 Å². The van der Waals surface area contributed by atoms with Gasteiger partial charge in [0.25, 0.3) is 0 Å². The number of aryl methyl sites for hydroxylation is 1. The van der Waals surface area contributed by atoms with Crippen LogP contribution in [-0.2, 0) is 9.53 Å². The van der Waals surface area contributed by atoms with Crippen molar-refractivity contribution in [2.75, 3.05) is 26.1 Å². The van der Waals surface area contributed by atoms with Gasteiger partial charge in [0, 0.05) is 29.3 Å². The predicted molar refractivity (Wildman–Crippen MR) is 97.9 cm³/mol. The molecule has 2 aromatic carbocycles. The summed E-state index contributed by atoms with van der Waals surface area (Å²) < 4.78 is 15.7. The molecule has 0 unspecified atom stereocenters. The van der Waals surface area contributed by atoms with E-state index in [1.807, 2.05) is 6.92 Å². The van der Waals surface area contributed by atoms with Gasteiger partial charge in [-0.3, -0.25) is 9.59 Å². The van der Waals surface area contributed by atoms with Gasteiger partial charge in [-0.05, 0) is 49.4 Å². The minimum Gasteiger partial charge on any atom is -0.497 e. The highest BCUT2D eigenvalue weighted by Gasteiger charge is 2.19. The fourth-order valence-electron chi connectivity index (χ4n) is 2.72. The molecule has 26 heavy (non-hydrogen) atoms. The Labute approximate surface area is 150 Å². The maximum absolute atomic E-state index is 12.8. The van der Waals surface area contributed by atoms with Crippen molar-refractivity contribution >= 4 is 28.3 Å². The van der Waals surface area contributed by atoms with Crippen LogP contribution in [0.25, 0.3) is 11.0 Å². The summed E-state index contributed by atoms with van der Waals surface area (Å²) in [5.41, 5.74) is 2.45. The van der Waals surface area contributed by atoms with E-state index in [0.717, 1.165) is 10.9 Å². The number of ether oxygens (including phenoxy) is 2. The molecule has 0 atom stereocenters. The lowest BCUT2D eigenvalue weighted by Crippen LogP contribution is -2.16. The van der Waals surface area contributed by atoms with Gasteiger partial charge in [0.05, 0.1) is 7.11 Å². The van der Waals surface area contributed by atoms with E-state index in [2.05, 4.69) is 5.32 Å². The highest BCUT2D eigenvalue weighted by Crippen LogP contribution is 2.29. The summed E-state index contributed by atoms with van der Waals surface area (Å²) in [6.07, 6.45) is 0. The van der Waals surface area contributed by atoms with Crippen molar-refractivity contribution < 1.29 is 23.5 Å². The maximum Gasteiger partial charge on any atom is 0.250 e. The zero-order chi connectivity index (χ0) is 18.7. The Balaban J connectivity index is 1.92. The molecule has 1 N–H and O–H groups in total. The van der Waals surface area contributed by atoms with E-state index in [0.29, 0.717) is 22.6 Å². The monoisotopic (exact) mass is 353 g/mol. The predicted octanol–water partition coefficient (Wildman–Crippen LogP) is 3.57. The zero-order valence-electron chi connectivity index (χ0n) is 14.8. The fraction of sp³-hybridized carbons (Fsp3) is 0.200. The van der Waals surface area contributed by atoms with Crippen LogP contribution < -0.4 is 10.1 Å². The summed E-state index contributed by atoms with van der Waals surface area (Å²) in [6.45, 7) is 1.80. The lowest BCUT2D eigenvalue weighted by atomic mass is 10.0. The average Bonchev–Trinajstić information content (AvgIpc) is 2.98. The first-order valence-corrected chi connectivity index (χ1v) is 8.04. The van der Waals surface area contributed by atoms with Gasteiger partial charge in [0.2, 0.25) is 11.7 Å². The summed E-state index contributed by atoms with van der Waals surface area (Å²) in [7, 11) is 3.03. The summed E-state index contributed by atoms with van der Waals surface area (Å²) >= 11 is 0. The normalized spacial score (nSPS) is 10.7. The minimum atomic E-state index is -0.248. The van der Waals surface area contributed by atoms with Crippen LogP contribution in [0.5, 0.6) is 5.75 Å². The van der Waals surface area contributed by atoms with Gasteiger partial charge in [-0.2, -0.15) is 0 Å². The Morgan fingerprint density at radius 3 is 2.46 bits per heavy atom. The Morgan fingerprint density at radius 2 is 1.81 bits per heavy atom. The van der Waals surface area contributed by atoms with Crippen molar-refractivity contribution in [3.63, 3.8) is 0 Å². The molecule has 3 rings (SSSR count). The molecule has 0 aliphatic rings. The number of anilines is 1. The Hall–Kier alpha value is -3.12. The van der Waals surface area contributed by atoms with Gasteiger partial charge in [-0.15, -0.1) is 0 Å². The molecule has 0 radical (unpaired) electrons. The number of methoxy groups -OCH3 is 2. The average molecular weight is 353 g/mol.